The van der Waals surface area contributed by atoms with E-state index in [4.69, 9.17) is 0 Å². The Balaban J connectivity index is 1.95. The van der Waals surface area contributed by atoms with Crippen LogP contribution in [0.3, 0.4) is 0 Å². The summed E-state index contributed by atoms with van der Waals surface area (Å²) in [5, 5.41) is 12.2. The third-order valence-corrected chi connectivity index (χ3v) is 3.07. The number of hydrogen-bond acceptors (Lipinski definition) is 4. The quantitative estimate of drug-likeness (QED) is 0.888. The van der Waals surface area contributed by atoms with E-state index >= 15 is 0 Å². The van der Waals surface area contributed by atoms with Crippen LogP contribution in [0.15, 0.2) is 30.3 Å². The van der Waals surface area contributed by atoms with Crippen molar-refractivity contribution in [3.05, 3.63) is 53.4 Å². The van der Waals surface area contributed by atoms with E-state index in [1.807, 2.05) is 0 Å². The summed E-state index contributed by atoms with van der Waals surface area (Å²) in [5.41, 5.74) is 1.26. The fourth-order valence-corrected chi connectivity index (χ4v) is 2.10. The first-order valence-corrected chi connectivity index (χ1v) is 6.93. The summed E-state index contributed by atoms with van der Waals surface area (Å²) < 4.78 is 26.1. The van der Waals surface area contributed by atoms with Crippen LogP contribution in [0.2, 0.25) is 0 Å². The van der Waals surface area contributed by atoms with Crippen LogP contribution in [-0.2, 0) is 11.3 Å². The minimum atomic E-state index is -0.762. The van der Waals surface area contributed by atoms with Crippen LogP contribution < -0.4 is 5.32 Å². The predicted octanol–water partition coefficient (Wildman–Crippen LogP) is 2.44. The minimum Gasteiger partial charge on any atom is -0.506 e. The molecule has 1 heterocycles. The molecule has 0 unspecified atom stereocenters. The SMILES string of the molecule is Cc1ccc(O)c(CN(C)CC(=O)Nc2cc(F)cc(F)c2)n1. The van der Waals surface area contributed by atoms with Crippen molar-refractivity contribution in [2.45, 2.75) is 13.5 Å². The van der Waals surface area contributed by atoms with Gasteiger partial charge in [-0.1, -0.05) is 0 Å². The number of nitrogens with one attached hydrogen (secondary N) is 1. The zero-order valence-electron chi connectivity index (χ0n) is 12.8. The summed E-state index contributed by atoms with van der Waals surface area (Å²) in [6.07, 6.45) is 0. The van der Waals surface area contributed by atoms with Gasteiger partial charge in [0.25, 0.3) is 0 Å². The maximum atomic E-state index is 13.1. The molecule has 0 saturated heterocycles. The first-order valence-electron chi connectivity index (χ1n) is 6.93. The van der Waals surface area contributed by atoms with E-state index in [0.29, 0.717) is 5.69 Å². The van der Waals surface area contributed by atoms with Gasteiger partial charge in [-0.25, -0.2) is 8.78 Å². The molecule has 0 spiro atoms. The van der Waals surface area contributed by atoms with Gasteiger partial charge in [0.15, 0.2) is 0 Å². The van der Waals surface area contributed by atoms with E-state index in [-0.39, 0.29) is 24.5 Å². The average Bonchev–Trinajstić information content (AvgIpc) is 2.41. The van der Waals surface area contributed by atoms with E-state index in [1.54, 1.807) is 31.0 Å². The van der Waals surface area contributed by atoms with Gasteiger partial charge < -0.3 is 10.4 Å². The van der Waals surface area contributed by atoms with Gasteiger partial charge in [-0.2, -0.15) is 0 Å². The number of nitrogens with zero attached hydrogens (tertiary/aromatic N) is 2. The Morgan fingerprint density at radius 3 is 2.57 bits per heavy atom. The number of aryl methyl sites for hydroxylation is 1. The Morgan fingerprint density at radius 2 is 1.91 bits per heavy atom. The lowest BCUT2D eigenvalue weighted by Crippen LogP contribution is -2.30. The zero-order valence-corrected chi connectivity index (χ0v) is 12.8. The second kappa shape index (κ2) is 7.15. The number of aromatic hydroxyl groups is 1. The highest BCUT2D eigenvalue weighted by Crippen LogP contribution is 2.16. The van der Waals surface area contributed by atoms with E-state index in [9.17, 15) is 18.7 Å². The number of carbonyl (C=O) groups is 1. The number of anilines is 1. The number of carbonyl (C=O) groups excluding carboxylic acids is 1. The molecular weight excluding hydrogens is 304 g/mol. The molecular formula is C16H17F2N3O2. The summed E-state index contributed by atoms with van der Waals surface area (Å²) in [4.78, 5) is 17.7. The van der Waals surface area contributed by atoms with Gasteiger partial charge in [-0.05, 0) is 38.2 Å². The van der Waals surface area contributed by atoms with Gasteiger partial charge >= 0.3 is 0 Å². The van der Waals surface area contributed by atoms with E-state index in [0.717, 1.165) is 23.9 Å². The van der Waals surface area contributed by atoms with E-state index < -0.39 is 17.5 Å². The Kier molecular flexibility index (Phi) is 5.23. The van der Waals surface area contributed by atoms with Crippen LogP contribution in [0.1, 0.15) is 11.4 Å². The number of rotatable bonds is 5. The second-order valence-electron chi connectivity index (χ2n) is 5.30. The molecule has 0 aliphatic carbocycles. The van der Waals surface area contributed by atoms with Crippen LogP contribution in [0, 0.1) is 18.6 Å². The molecule has 0 saturated carbocycles. The minimum absolute atomic E-state index is 0.0206. The van der Waals surface area contributed by atoms with Crippen molar-refractivity contribution in [3.63, 3.8) is 0 Å². The predicted molar refractivity (Wildman–Crippen MR) is 82.0 cm³/mol. The first kappa shape index (κ1) is 16.8. The molecule has 0 aliphatic heterocycles. The van der Waals surface area contributed by atoms with Crippen molar-refractivity contribution in [1.82, 2.24) is 9.88 Å². The van der Waals surface area contributed by atoms with Gasteiger partial charge in [0, 0.05) is 24.0 Å². The normalized spacial score (nSPS) is 10.8. The fourth-order valence-electron chi connectivity index (χ4n) is 2.10. The summed E-state index contributed by atoms with van der Waals surface area (Å²) in [6.45, 7) is 2.04. The third kappa shape index (κ3) is 5.00. The number of amides is 1. The molecule has 2 N–H and O–H groups in total. The molecule has 1 aromatic heterocycles. The third-order valence-electron chi connectivity index (χ3n) is 3.07. The van der Waals surface area contributed by atoms with Crippen LogP contribution in [0.4, 0.5) is 14.5 Å². The summed E-state index contributed by atoms with van der Waals surface area (Å²) in [6, 6.07) is 6.03. The van der Waals surface area contributed by atoms with Crippen LogP contribution in [0.25, 0.3) is 0 Å². The highest BCUT2D eigenvalue weighted by atomic mass is 19.1. The van der Waals surface area contributed by atoms with Gasteiger partial charge in [-0.15, -0.1) is 0 Å². The summed E-state index contributed by atoms with van der Waals surface area (Å²) in [5.74, 6) is -1.90. The average molecular weight is 321 g/mol. The molecule has 5 nitrogen and oxygen atoms in total. The summed E-state index contributed by atoms with van der Waals surface area (Å²) in [7, 11) is 1.68. The van der Waals surface area contributed by atoms with Crippen molar-refractivity contribution in [1.29, 1.82) is 0 Å². The van der Waals surface area contributed by atoms with Crippen molar-refractivity contribution >= 4 is 11.6 Å². The Bertz CT molecular complexity index is 702. The first-order chi connectivity index (χ1) is 10.8. The molecule has 7 heteroatoms. The maximum absolute atomic E-state index is 13.1. The van der Waals surface area contributed by atoms with Crippen LogP contribution in [0.5, 0.6) is 5.75 Å². The molecule has 2 rings (SSSR count). The Morgan fingerprint density at radius 1 is 1.26 bits per heavy atom. The van der Waals surface area contributed by atoms with Crippen LogP contribution in [-0.4, -0.2) is 34.5 Å². The van der Waals surface area contributed by atoms with Gasteiger partial charge in [0.2, 0.25) is 5.91 Å². The molecule has 0 aliphatic rings. The molecule has 0 bridgehead atoms. The standard InChI is InChI=1S/C16H17F2N3O2/c1-10-3-4-15(22)14(19-10)8-21(2)9-16(23)20-13-6-11(17)5-12(18)7-13/h3-7,22H,8-9H2,1-2H3,(H,20,23). The smallest absolute Gasteiger partial charge is 0.238 e. The van der Waals surface area contributed by atoms with E-state index in [2.05, 4.69) is 10.3 Å². The Labute approximate surface area is 132 Å². The number of benzene rings is 1. The topological polar surface area (TPSA) is 65.5 Å². The van der Waals surface area contributed by atoms with Gasteiger partial charge in [0.1, 0.15) is 17.4 Å². The molecule has 0 fully saturated rings. The molecule has 1 amide bonds. The highest BCUT2D eigenvalue weighted by Gasteiger charge is 2.12. The molecule has 0 radical (unpaired) electrons. The molecule has 0 atom stereocenters. The van der Waals surface area contributed by atoms with Crippen molar-refractivity contribution in [2.24, 2.45) is 0 Å². The Hall–Kier alpha value is -2.54. The van der Waals surface area contributed by atoms with Crippen molar-refractivity contribution in [2.75, 3.05) is 18.9 Å². The maximum Gasteiger partial charge on any atom is 0.238 e. The lowest BCUT2D eigenvalue weighted by Gasteiger charge is -2.16. The summed E-state index contributed by atoms with van der Waals surface area (Å²) >= 11 is 0. The van der Waals surface area contributed by atoms with Gasteiger partial charge in [-0.3, -0.25) is 14.7 Å². The number of aromatic nitrogens is 1. The highest BCUT2D eigenvalue weighted by molar-refractivity contribution is 5.92. The zero-order chi connectivity index (χ0) is 17.0. The lowest BCUT2D eigenvalue weighted by atomic mass is 10.2. The number of pyridine rings is 1. The molecule has 1 aromatic carbocycles. The van der Waals surface area contributed by atoms with Gasteiger partial charge in [0.05, 0.1) is 12.2 Å². The molecule has 122 valence electrons. The second-order valence-corrected chi connectivity index (χ2v) is 5.30. The largest absolute Gasteiger partial charge is 0.506 e. The van der Waals surface area contributed by atoms with Crippen molar-refractivity contribution in [3.8, 4) is 5.75 Å². The van der Waals surface area contributed by atoms with Crippen molar-refractivity contribution < 1.29 is 18.7 Å². The number of likely N-dealkylation sites (N-methyl/N-ethyl adjacent to an activating group) is 1. The molecule has 23 heavy (non-hydrogen) atoms. The number of hydrogen-bond donors (Lipinski definition) is 2. The monoisotopic (exact) mass is 321 g/mol. The molecule has 2 aromatic rings. The van der Waals surface area contributed by atoms with E-state index in [1.165, 1.54) is 0 Å². The lowest BCUT2D eigenvalue weighted by molar-refractivity contribution is -0.117. The van der Waals surface area contributed by atoms with Crippen LogP contribution >= 0.6 is 0 Å². The fraction of sp³-hybridized carbons (Fsp3) is 0.250. The number of halogens is 2.